The molecule has 5 nitrogen and oxygen atoms in total. The Bertz CT molecular complexity index is 1140. The quantitative estimate of drug-likeness (QED) is 0.474. The predicted octanol–water partition coefficient (Wildman–Crippen LogP) is 5.33. The molecule has 0 radical (unpaired) electrons. The molecule has 1 fully saturated rings. The maximum Gasteiger partial charge on any atom is 0.163 e. The first-order valence-corrected chi connectivity index (χ1v) is 11.7. The van der Waals surface area contributed by atoms with Crippen LogP contribution in [0.2, 0.25) is 5.02 Å². The number of anilines is 1. The van der Waals surface area contributed by atoms with Crippen LogP contribution in [-0.2, 0) is 0 Å². The molecule has 1 saturated heterocycles. The predicted molar refractivity (Wildman–Crippen MR) is 134 cm³/mol. The van der Waals surface area contributed by atoms with Crippen molar-refractivity contribution in [2.75, 3.05) is 45.6 Å². The second-order valence-electron chi connectivity index (χ2n) is 9.06. The van der Waals surface area contributed by atoms with Gasteiger partial charge in [0.2, 0.25) is 0 Å². The van der Waals surface area contributed by atoms with Crippen LogP contribution in [-0.4, -0.2) is 66.9 Å². The Labute approximate surface area is 199 Å². The van der Waals surface area contributed by atoms with Gasteiger partial charge in [0.05, 0.1) is 16.8 Å². The Hall–Kier alpha value is -2.54. The van der Waals surface area contributed by atoms with Crippen molar-refractivity contribution >= 4 is 34.0 Å². The monoisotopic (exact) mass is 468 g/mol. The molecule has 1 aromatic heterocycles. The third kappa shape index (κ3) is 5.69. The number of Topliss-reactive ketones (excluding diaryl/α,β-unsaturated/α-hetero) is 1. The highest BCUT2D eigenvalue weighted by Gasteiger charge is 2.22. The van der Waals surface area contributed by atoms with Crippen LogP contribution in [0, 0.1) is 5.82 Å². The molecule has 1 N–H and O–H groups in total. The molecule has 1 aliphatic rings. The van der Waals surface area contributed by atoms with Crippen molar-refractivity contribution in [3.63, 3.8) is 0 Å². The van der Waals surface area contributed by atoms with Crippen LogP contribution in [0.4, 0.5) is 10.1 Å². The van der Waals surface area contributed by atoms with Gasteiger partial charge in [0.15, 0.2) is 5.78 Å². The molecule has 0 bridgehead atoms. The average molecular weight is 469 g/mol. The fraction of sp³-hybridized carbons (Fsp3) is 0.385. The van der Waals surface area contributed by atoms with Crippen LogP contribution >= 0.6 is 11.6 Å². The van der Waals surface area contributed by atoms with Crippen LogP contribution < -0.4 is 5.32 Å². The van der Waals surface area contributed by atoms with Gasteiger partial charge in [-0.25, -0.2) is 4.39 Å². The summed E-state index contributed by atoms with van der Waals surface area (Å²) in [6.07, 6.45) is 3.67. The van der Waals surface area contributed by atoms with Crippen molar-refractivity contribution in [3.05, 3.63) is 59.0 Å². The number of ketones is 1. The first-order chi connectivity index (χ1) is 15.8. The van der Waals surface area contributed by atoms with Gasteiger partial charge in [-0.15, -0.1) is 0 Å². The van der Waals surface area contributed by atoms with Crippen molar-refractivity contribution < 1.29 is 9.18 Å². The molecule has 7 heteroatoms. The minimum absolute atomic E-state index is 0.0328. The second-order valence-corrected chi connectivity index (χ2v) is 9.49. The molecule has 3 aromatic rings. The summed E-state index contributed by atoms with van der Waals surface area (Å²) in [5.74, 6) is -0.415. The topological polar surface area (TPSA) is 48.5 Å². The number of carbonyl (C=O) groups excluding carboxylic acids is 1. The third-order valence-corrected chi connectivity index (χ3v) is 6.46. The Morgan fingerprint density at radius 2 is 1.94 bits per heavy atom. The van der Waals surface area contributed by atoms with E-state index in [-0.39, 0.29) is 17.6 Å². The van der Waals surface area contributed by atoms with Crippen molar-refractivity contribution in [2.45, 2.75) is 25.8 Å². The first-order valence-electron chi connectivity index (χ1n) is 11.3. The summed E-state index contributed by atoms with van der Waals surface area (Å²) in [6.45, 7) is 5.73. The Morgan fingerprint density at radius 3 is 2.61 bits per heavy atom. The van der Waals surface area contributed by atoms with Crippen LogP contribution in [0.25, 0.3) is 22.0 Å². The minimum atomic E-state index is -0.382. The van der Waals surface area contributed by atoms with Gasteiger partial charge in [-0.05, 0) is 75.3 Å². The highest BCUT2D eigenvalue weighted by Crippen LogP contribution is 2.33. The molecule has 2 aromatic carbocycles. The number of fused-ring (bicyclic) bond motifs is 1. The van der Waals surface area contributed by atoms with Crippen molar-refractivity contribution in [1.29, 1.82) is 0 Å². The lowest BCUT2D eigenvalue weighted by Gasteiger charge is -2.34. The maximum absolute atomic E-state index is 14.0. The number of aromatic nitrogens is 1. The van der Waals surface area contributed by atoms with E-state index < -0.39 is 0 Å². The number of halogens is 2. The molecule has 0 spiro atoms. The summed E-state index contributed by atoms with van der Waals surface area (Å²) >= 11 is 6.08. The minimum Gasteiger partial charge on any atom is -0.381 e. The molecule has 0 amide bonds. The number of nitrogens with zero attached hydrogens (tertiary/aromatic N) is 3. The van der Waals surface area contributed by atoms with Crippen LogP contribution in [0.5, 0.6) is 0 Å². The van der Waals surface area contributed by atoms with Gasteiger partial charge in [0.1, 0.15) is 5.82 Å². The lowest BCUT2D eigenvalue weighted by Crippen LogP contribution is -2.42. The van der Waals surface area contributed by atoms with E-state index in [2.05, 4.69) is 34.2 Å². The van der Waals surface area contributed by atoms with Gasteiger partial charge in [-0.1, -0.05) is 17.7 Å². The number of carbonyl (C=O) groups is 1. The molecule has 4 rings (SSSR count). The average Bonchev–Trinajstić information content (AvgIpc) is 2.77. The SMILES string of the molecule is CC(=O)c1cnc2ccc(-c3cc(F)cc(Cl)c3)cc2c1NC1CCN(CCN(C)C)CC1. The maximum atomic E-state index is 14.0. The molecular formula is C26H30ClFN4O. The molecule has 174 valence electrons. The standard InChI is InChI=1S/C26H30ClFN4O/c1-17(33)24-16-29-25-5-4-18(19-12-20(27)15-21(28)13-19)14-23(25)26(24)30-22-6-8-32(9-7-22)11-10-31(2)3/h4-5,12-16,22H,6-11H2,1-3H3,(H,29,30). The third-order valence-electron chi connectivity index (χ3n) is 6.24. The van der Waals surface area contributed by atoms with E-state index in [1.807, 2.05) is 18.2 Å². The highest BCUT2D eigenvalue weighted by molar-refractivity contribution is 6.30. The number of likely N-dealkylation sites (tertiary alicyclic amines) is 1. The zero-order valence-electron chi connectivity index (χ0n) is 19.4. The smallest absolute Gasteiger partial charge is 0.163 e. The highest BCUT2D eigenvalue weighted by atomic mass is 35.5. The number of likely N-dealkylation sites (N-methyl/N-ethyl adjacent to an activating group) is 1. The zero-order chi connectivity index (χ0) is 23.5. The van der Waals surface area contributed by atoms with E-state index in [0.717, 1.165) is 61.2 Å². The van der Waals surface area contributed by atoms with E-state index >= 15 is 0 Å². The van der Waals surface area contributed by atoms with Gasteiger partial charge in [-0.3, -0.25) is 9.78 Å². The number of rotatable bonds is 7. The second kappa shape index (κ2) is 10.2. The van der Waals surface area contributed by atoms with Crippen LogP contribution in [0.15, 0.2) is 42.6 Å². The molecule has 0 unspecified atom stereocenters. The number of benzene rings is 2. The number of nitrogens with one attached hydrogen (secondary N) is 1. The molecule has 0 saturated carbocycles. The number of pyridine rings is 1. The zero-order valence-corrected chi connectivity index (χ0v) is 20.1. The summed E-state index contributed by atoms with van der Waals surface area (Å²) in [5, 5.41) is 4.87. The molecular weight excluding hydrogens is 439 g/mol. The summed E-state index contributed by atoms with van der Waals surface area (Å²) < 4.78 is 14.0. The fourth-order valence-electron chi connectivity index (χ4n) is 4.36. The molecule has 2 heterocycles. The van der Waals surface area contributed by atoms with Crippen LogP contribution in [0.3, 0.4) is 0 Å². The fourth-order valence-corrected chi connectivity index (χ4v) is 4.58. The molecule has 0 atom stereocenters. The molecule has 33 heavy (non-hydrogen) atoms. The van der Waals surface area contributed by atoms with Gasteiger partial charge >= 0.3 is 0 Å². The summed E-state index contributed by atoms with van der Waals surface area (Å²) in [7, 11) is 4.19. The van der Waals surface area contributed by atoms with Crippen molar-refractivity contribution in [1.82, 2.24) is 14.8 Å². The Balaban J connectivity index is 1.64. The number of hydrogen-bond donors (Lipinski definition) is 1. The summed E-state index contributed by atoms with van der Waals surface area (Å²) in [4.78, 5) is 21.6. The van der Waals surface area contributed by atoms with E-state index in [1.165, 1.54) is 12.1 Å². The summed E-state index contributed by atoms with van der Waals surface area (Å²) in [6, 6.07) is 10.5. The largest absolute Gasteiger partial charge is 0.381 e. The lowest BCUT2D eigenvalue weighted by atomic mass is 9.98. The Morgan fingerprint density at radius 1 is 1.18 bits per heavy atom. The Kier molecular flexibility index (Phi) is 7.27. The van der Waals surface area contributed by atoms with Gasteiger partial charge < -0.3 is 15.1 Å². The number of piperidine rings is 1. The normalized spacial score (nSPS) is 15.3. The van der Waals surface area contributed by atoms with E-state index in [0.29, 0.717) is 16.1 Å². The van der Waals surface area contributed by atoms with Gasteiger partial charge in [-0.2, -0.15) is 0 Å². The van der Waals surface area contributed by atoms with E-state index in [9.17, 15) is 9.18 Å². The first kappa shape index (κ1) is 23.6. The van der Waals surface area contributed by atoms with Crippen molar-refractivity contribution in [3.8, 4) is 11.1 Å². The molecule has 1 aliphatic heterocycles. The van der Waals surface area contributed by atoms with E-state index in [4.69, 9.17) is 11.6 Å². The van der Waals surface area contributed by atoms with E-state index in [1.54, 1.807) is 19.2 Å². The van der Waals surface area contributed by atoms with Gasteiger partial charge in [0.25, 0.3) is 0 Å². The van der Waals surface area contributed by atoms with Crippen molar-refractivity contribution in [2.24, 2.45) is 0 Å². The summed E-state index contributed by atoms with van der Waals surface area (Å²) in [5.41, 5.74) is 3.69. The van der Waals surface area contributed by atoms with Gasteiger partial charge in [0, 0.05) is 48.8 Å². The number of hydrogen-bond acceptors (Lipinski definition) is 5. The van der Waals surface area contributed by atoms with Crippen LogP contribution in [0.1, 0.15) is 30.1 Å². The molecule has 0 aliphatic carbocycles. The lowest BCUT2D eigenvalue weighted by molar-refractivity contribution is 0.101.